The fourth-order valence-electron chi connectivity index (χ4n) is 8.87. The Balaban J connectivity index is 1.15. The molecule has 3 saturated carbocycles. The van der Waals surface area contributed by atoms with Crippen LogP contribution in [0, 0.1) is 28.6 Å². The van der Waals surface area contributed by atoms with Crippen molar-refractivity contribution < 1.29 is 32.1 Å². The summed E-state index contributed by atoms with van der Waals surface area (Å²) in [5.41, 5.74) is -2.17. The van der Waals surface area contributed by atoms with Crippen LogP contribution in [0.25, 0.3) is 0 Å². The number of hydrogen-bond acceptors (Lipinski definition) is 8. The Kier molecular flexibility index (Phi) is 9.33. The van der Waals surface area contributed by atoms with Crippen LogP contribution in [-0.2, 0) is 32.4 Å². The molecule has 2 unspecified atom stereocenters. The van der Waals surface area contributed by atoms with Crippen LogP contribution < -0.4 is 26.8 Å². The average Bonchev–Trinajstić information content (AvgIpc) is 3.64. The molecule has 4 N–H and O–H groups in total. The second-order valence-corrected chi connectivity index (χ2v) is 16.0. The first-order chi connectivity index (χ1) is 25.5. The topological polar surface area (TPSA) is 159 Å². The quantitative estimate of drug-likeness (QED) is 0.198. The molecule has 16 heteroatoms. The van der Waals surface area contributed by atoms with Gasteiger partial charge >= 0.3 is 19.3 Å². The number of benzene rings is 2. The molecule has 3 aromatic rings. The van der Waals surface area contributed by atoms with Gasteiger partial charge in [-0.1, -0.05) is 39.0 Å². The molecule has 284 valence electrons. The van der Waals surface area contributed by atoms with Crippen molar-refractivity contribution in [3.63, 3.8) is 0 Å². The molecular formula is C38H43BF3N7O5. The van der Waals surface area contributed by atoms with E-state index >= 15 is 0 Å². The van der Waals surface area contributed by atoms with Gasteiger partial charge < -0.3 is 30.6 Å². The third kappa shape index (κ3) is 6.61. The molecule has 3 amide bonds. The van der Waals surface area contributed by atoms with Crippen molar-refractivity contribution in [1.82, 2.24) is 20.2 Å². The Morgan fingerprint density at radius 2 is 1.89 bits per heavy atom. The van der Waals surface area contributed by atoms with Crippen molar-refractivity contribution in [2.24, 2.45) is 17.3 Å². The Morgan fingerprint density at radius 3 is 2.59 bits per heavy atom. The number of hydrogen-bond donors (Lipinski definition) is 4. The van der Waals surface area contributed by atoms with Crippen LogP contribution >= 0.6 is 0 Å². The van der Waals surface area contributed by atoms with E-state index in [1.165, 1.54) is 29.0 Å². The largest absolute Gasteiger partial charge is 0.481 e. The number of rotatable bonds is 9. The van der Waals surface area contributed by atoms with Gasteiger partial charge in [0.1, 0.15) is 17.6 Å². The molecule has 8 rings (SSSR count). The smallest absolute Gasteiger partial charge is 0.404 e. The van der Waals surface area contributed by atoms with E-state index < -0.39 is 59.5 Å². The number of anilines is 2. The van der Waals surface area contributed by atoms with E-state index in [4.69, 9.17) is 9.31 Å². The van der Waals surface area contributed by atoms with E-state index in [0.717, 1.165) is 25.0 Å². The first-order valence-electron chi connectivity index (χ1n) is 18.2. The molecule has 2 bridgehead atoms. The molecule has 4 fully saturated rings. The molecule has 54 heavy (non-hydrogen) atoms. The van der Waals surface area contributed by atoms with Crippen LogP contribution in [0.5, 0.6) is 0 Å². The Hall–Kier alpha value is -4.88. The van der Waals surface area contributed by atoms with Crippen LogP contribution in [-0.4, -0.2) is 46.3 Å². The zero-order valence-corrected chi connectivity index (χ0v) is 30.7. The monoisotopic (exact) mass is 745 g/mol. The summed E-state index contributed by atoms with van der Waals surface area (Å²) in [5, 5.41) is 20.8. The summed E-state index contributed by atoms with van der Waals surface area (Å²) in [5.74, 6) is -0.0751. The molecule has 2 aliphatic heterocycles. The second kappa shape index (κ2) is 13.5. The number of nitrogens with zero attached hydrogens (tertiary/aromatic N) is 3. The number of aromatic nitrogens is 2. The number of urea groups is 1. The molecule has 1 saturated heterocycles. The van der Waals surface area contributed by atoms with Gasteiger partial charge in [0.25, 0.3) is 5.56 Å². The maximum absolute atomic E-state index is 14.3. The fourth-order valence-corrected chi connectivity index (χ4v) is 8.87. The fraction of sp³-hybridized carbons (Fsp3) is 0.500. The third-order valence-corrected chi connectivity index (χ3v) is 12.0. The van der Waals surface area contributed by atoms with E-state index in [0.29, 0.717) is 29.5 Å². The van der Waals surface area contributed by atoms with Gasteiger partial charge in [-0.3, -0.25) is 14.2 Å². The summed E-state index contributed by atoms with van der Waals surface area (Å²) in [6, 6.07) is 11.3. The lowest BCUT2D eigenvalue weighted by atomic mass is 9.45. The minimum atomic E-state index is -4.54. The van der Waals surface area contributed by atoms with Gasteiger partial charge in [-0.15, -0.1) is 0 Å². The highest BCUT2D eigenvalue weighted by molar-refractivity contribution is 6.47. The first-order valence-corrected chi connectivity index (χ1v) is 18.2. The summed E-state index contributed by atoms with van der Waals surface area (Å²) in [6.07, 6.45) is -1.04. The van der Waals surface area contributed by atoms with Crippen LogP contribution in [0.15, 0.2) is 59.5 Å². The third-order valence-electron chi connectivity index (χ3n) is 12.0. The zero-order valence-electron chi connectivity index (χ0n) is 30.7. The van der Waals surface area contributed by atoms with Crippen molar-refractivity contribution >= 4 is 30.4 Å². The van der Waals surface area contributed by atoms with Crippen molar-refractivity contribution in [2.75, 3.05) is 10.6 Å². The van der Waals surface area contributed by atoms with E-state index in [-0.39, 0.29) is 41.6 Å². The molecule has 2 aromatic carbocycles. The van der Waals surface area contributed by atoms with Gasteiger partial charge in [-0.05, 0) is 86.3 Å². The van der Waals surface area contributed by atoms with Gasteiger partial charge in [0, 0.05) is 18.7 Å². The number of carbonyl (C=O) groups excluding carboxylic acids is 2. The van der Waals surface area contributed by atoms with Crippen molar-refractivity contribution in [2.45, 2.75) is 102 Å². The predicted octanol–water partition coefficient (Wildman–Crippen LogP) is 5.89. The van der Waals surface area contributed by atoms with E-state index in [9.17, 15) is 32.8 Å². The number of alkyl halides is 3. The van der Waals surface area contributed by atoms with Crippen LogP contribution in [0.4, 0.5) is 29.3 Å². The molecule has 0 spiro atoms. The molecule has 5 aliphatic rings. The lowest BCUT2D eigenvalue weighted by Gasteiger charge is -2.63. The molecule has 12 nitrogen and oxygen atoms in total. The molecular weight excluding hydrogens is 702 g/mol. The molecule has 1 aromatic heterocycles. The molecule has 0 radical (unpaired) electrons. The summed E-state index contributed by atoms with van der Waals surface area (Å²) in [4.78, 5) is 46.4. The Labute approximate surface area is 311 Å². The minimum Gasteiger partial charge on any atom is -0.404 e. The van der Waals surface area contributed by atoms with Gasteiger partial charge in [-0.2, -0.15) is 18.4 Å². The summed E-state index contributed by atoms with van der Waals surface area (Å²) in [6.45, 7) is 10.0. The highest BCUT2D eigenvalue weighted by Crippen LogP contribution is 2.64. The number of carbonyl (C=O) groups is 2. The number of amides is 3. The van der Waals surface area contributed by atoms with E-state index in [1.807, 2.05) is 13.0 Å². The van der Waals surface area contributed by atoms with E-state index in [1.54, 1.807) is 25.1 Å². The summed E-state index contributed by atoms with van der Waals surface area (Å²) >= 11 is 0. The number of nitriles is 1. The van der Waals surface area contributed by atoms with Crippen molar-refractivity contribution in [1.29, 1.82) is 5.26 Å². The molecule has 3 aliphatic carbocycles. The number of fused-ring (bicyclic) bond motifs is 1. The van der Waals surface area contributed by atoms with Gasteiger partial charge in [0.05, 0.1) is 46.6 Å². The minimum absolute atomic E-state index is 0.0379. The maximum atomic E-state index is 14.3. The molecule has 7 atom stereocenters. The molecule has 3 heterocycles. The lowest BCUT2D eigenvalue weighted by molar-refractivity contribution is -0.185. The summed E-state index contributed by atoms with van der Waals surface area (Å²) < 4.78 is 54.4. The number of halogens is 3. The van der Waals surface area contributed by atoms with Crippen LogP contribution in [0.3, 0.4) is 0 Å². The highest BCUT2D eigenvalue weighted by atomic mass is 19.4. The summed E-state index contributed by atoms with van der Waals surface area (Å²) in [7, 11) is -0.709. The van der Waals surface area contributed by atoms with E-state index in [2.05, 4.69) is 47.0 Å². The highest BCUT2D eigenvalue weighted by Gasteiger charge is 2.67. The van der Waals surface area contributed by atoms with Crippen LogP contribution in [0.2, 0.25) is 0 Å². The average molecular weight is 746 g/mol. The van der Waals surface area contributed by atoms with Gasteiger partial charge in [-0.25, -0.2) is 9.78 Å². The second-order valence-electron chi connectivity index (χ2n) is 16.0. The standard InChI is InChI=1S/C38H43BF3N7O5/c1-6-29(39-53-30-26-15-24(35(26,2)3)16-37(30,5)54-39)47-31(50)28-17-36(4,48-34(52)46-25-12-8-9-21(14-25)18-43)33-45-20-27(32(51)49(28)33)44-19-22-10-7-11-23(13-22)38(40,41)42/h7-14,20,24,26,28-30,44H,6,15-17,19H2,1-5H3,(H,47,50)(H2,46,48,52)/t24?,26?,28-,29-,30+,36+,37-/m0/s1. The van der Waals surface area contributed by atoms with Crippen LogP contribution in [0.1, 0.15) is 88.9 Å². The lowest BCUT2D eigenvalue weighted by Crippen LogP contribution is -2.63. The predicted molar refractivity (Wildman–Crippen MR) is 194 cm³/mol. The zero-order chi connectivity index (χ0) is 38.8. The first kappa shape index (κ1) is 37.4. The number of nitrogens with one attached hydrogen (secondary N) is 4. The van der Waals surface area contributed by atoms with Gasteiger partial charge in [0.2, 0.25) is 5.91 Å². The van der Waals surface area contributed by atoms with Crippen molar-refractivity contribution in [3.05, 3.63) is 87.6 Å². The van der Waals surface area contributed by atoms with Crippen molar-refractivity contribution in [3.8, 4) is 6.07 Å². The SMILES string of the molecule is CC[C@H](NC(=O)[C@@H]1C[C@@](C)(NC(=O)Nc2cccc(C#N)c2)c2ncc(NCc3cccc(C(F)(F)F)c3)c(=O)n21)B1O[C@@H]2C3CC(C[C@]2(C)O1)C3(C)C. The maximum Gasteiger partial charge on any atom is 0.481 e. The Morgan fingerprint density at radius 1 is 1.13 bits per heavy atom. The normalized spacial score (nSPS) is 28.2. The Bertz CT molecular complexity index is 2090. The van der Waals surface area contributed by atoms with Gasteiger partial charge in [0.15, 0.2) is 0 Å².